The van der Waals surface area contributed by atoms with Crippen LogP contribution in [0, 0.1) is 13.8 Å². The standard InChI is InChI=1S/C10H13N5O2/c1-6-4-15(10(17)12-9(6)16)5-8-11-7(2)14(3)13-8/h4H,5H2,1-3H3,(H,12,16,17). The lowest BCUT2D eigenvalue weighted by molar-refractivity contribution is 0.661. The second-order valence-corrected chi connectivity index (χ2v) is 3.90. The highest BCUT2D eigenvalue weighted by Crippen LogP contribution is 1.96. The monoisotopic (exact) mass is 235 g/mol. The normalized spacial score (nSPS) is 10.8. The Balaban J connectivity index is 2.39. The van der Waals surface area contributed by atoms with Crippen LogP contribution in [0.15, 0.2) is 15.8 Å². The summed E-state index contributed by atoms with van der Waals surface area (Å²) >= 11 is 0. The van der Waals surface area contributed by atoms with Gasteiger partial charge >= 0.3 is 5.69 Å². The lowest BCUT2D eigenvalue weighted by Gasteiger charge is -2.02. The number of aromatic nitrogens is 5. The third kappa shape index (κ3) is 2.17. The average Bonchev–Trinajstić information content (AvgIpc) is 2.55. The minimum Gasteiger partial charge on any atom is -0.293 e. The molecule has 0 aromatic carbocycles. The van der Waals surface area contributed by atoms with Gasteiger partial charge in [0.1, 0.15) is 5.82 Å². The molecule has 17 heavy (non-hydrogen) atoms. The molecule has 0 radical (unpaired) electrons. The second-order valence-electron chi connectivity index (χ2n) is 3.90. The maximum absolute atomic E-state index is 11.5. The van der Waals surface area contributed by atoms with Crippen molar-refractivity contribution in [3.8, 4) is 0 Å². The topological polar surface area (TPSA) is 85.6 Å². The van der Waals surface area contributed by atoms with E-state index in [0.717, 1.165) is 5.82 Å². The zero-order valence-corrected chi connectivity index (χ0v) is 9.89. The highest BCUT2D eigenvalue weighted by atomic mass is 16.2. The van der Waals surface area contributed by atoms with Crippen LogP contribution in [0.25, 0.3) is 0 Å². The summed E-state index contributed by atoms with van der Waals surface area (Å²) in [5, 5.41) is 4.15. The number of rotatable bonds is 2. The van der Waals surface area contributed by atoms with E-state index in [-0.39, 0.29) is 12.1 Å². The number of hydrogen-bond donors (Lipinski definition) is 1. The van der Waals surface area contributed by atoms with Crippen LogP contribution in [0.3, 0.4) is 0 Å². The predicted octanol–water partition coefficient (Wildman–Crippen LogP) is -0.670. The van der Waals surface area contributed by atoms with E-state index in [1.807, 2.05) is 6.92 Å². The quantitative estimate of drug-likeness (QED) is 0.748. The summed E-state index contributed by atoms with van der Waals surface area (Å²) in [5.41, 5.74) is -0.334. The zero-order chi connectivity index (χ0) is 12.6. The molecule has 0 bridgehead atoms. The van der Waals surface area contributed by atoms with Gasteiger partial charge in [0.25, 0.3) is 5.56 Å². The first-order valence-corrected chi connectivity index (χ1v) is 5.14. The lowest BCUT2D eigenvalue weighted by atomic mass is 10.4. The fourth-order valence-electron chi connectivity index (χ4n) is 1.48. The Bertz CT molecular complexity index is 645. The molecule has 2 heterocycles. The van der Waals surface area contributed by atoms with E-state index >= 15 is 0 Å². The second kappa shape index (κ2) is 4.00. The van der Waals surface area contributed by atoms with Gasteiger partial charge in [0.15, 0.2) is 5.82 Å². The van der Waals surface area contributed by atoms with Gasteiger partial charge < -0.3 is 0 Å². The first kappa shape index (κ1) is 11.3. The van der Waals surface area contributed by atoms with Crippen molar-refractivity contribution in [3.05, 3.63) is 44.2 Å². The Morgan fingerprint density at radius 3 is 2.65 bits per heavy atom. The molecule has 0 amide bonds. The summed E-state index contributed by atoms with van der Waals surface area (Å²) in [6, 6.07) is 0. The van der Waals surface area contributed by atoms with Gasteiger partial charge in [-0.25, -0.2) is 9.78 Å². The van der Waals surface area contributed by atoms with E-state index in [4.69, 9.17) is 0 Å². The molecule has 0 fully saturated rings. The number of hydrogen-bond acceptors (Lipinski definition) is 4. The SMILES string of the molecule is Cc1cn(Cc2nc(C)n(C)n2)c(=O)[nH]c1=O. The van der Waals surface area contributed by atoms with Gasteiger partial charge in [0, 0.05) is 18.8 Å². The van der Waals surface area contributed by atoms with E-state index in [9.17, 15) is 9.59 Å². The van der Waals surface area contributed by atoms with Crippen LogP contribution in [-0.4, -0.2) is 24.3 Å². The number of aryl methyl sites for hydroxylation is 3. The summed E-state index contributed by atoms with van der Waals surface area (Å²) in [6.45, 7) is 3.72. The molecule has 0 aliphatic heterocycles. The molecule has 0 aliphatic rings. The lowest BCUT2D eigenvalue weighted by Crippen LogP contribution is -2.31. The fraction of sp³-hybridized carbons (Fsp3) is 0.400. The molecule has 0 spiro atoms. The molecule has 2 rings (SSSR count). The Hall–Kier alpha value is -2.18. The van der Waals surface area contributed by atoms with Crippen molar-refractivity contribution in [2.45, 2.75) is 20.4 Å². The summed E-state index contributed by atoms with van der Waals surface area (Å²) in [7, 11) is 1.78. The summed E-state index contributed by atoms with van der Waals surface area (Å²) < 4.78 is 3.02. The summed E-state index contributed by atoms with van der Waals surface area (Å²) in [6.07, 6.45) is 1.51. The molecule has 0 aliphatic carbocycles. The van der Waals surface area contributed by atoms with E-state index in [1.54, 1.807) is 18.7 Å². The molecular formula is C10H13N5O2. The molecule has 1 N–H and O–H groups in total. The van der Waals surface area contributed by atoms with Crippen molar-refractivity contribution in [2.75, 3.05) is 0 Å². The zero-order valence-electron chi connectivity index (χ0n) is 9.89. The Morgan fingerprint density at radius 2 is 2.06 bits per heavy atom. The smallest absolute Gasteiger partial charge is 0.293 e. The molecule has 2 aromatic heterocycles. The van der Waals surface area contributed by atoms with E-state index in [2.05, 4.69) is 15.1 Å². The van der Waals surface area contributed by atoms with Crippen molar-refractivity contribution in [3.63, 3.8) is 0 Å². The van der Waals surface area contributed by atoms with Crippen LogP contribution in [-0.2, 0) is 13.6 Å². The third-order valence-corrected chi connectivity index (χ3v) is 2.53. The molecule has 90 valence electrons. The first-order chi connectivity index (χ1) is 7.97. The first-order valence-electron chi connectivity index (χ1n) is 5.14. The Kier molecular flexibility index (Phi) is 2.66. The molecular weight excluding hydrogens is 222 g/mol. The van der Waals surface area contributed by atoms with Crippen LogP contribution in [0.2, 0.25) is 0 Å². The molecule has 7 nitrogen and oxygen atoms in total. The molecule has 0 saturated carbocycles. The predicted molar refractivity (Wildman–Crippen MR) is 60.9 cm³/mol. The van der Waals surface area contributed by atoms with E-state index in [1.165, 1.54) is 10.8 Å². The van der Waals surface area contributed by atoms with Crippen LogP contribution < -0.4 is 11.2 Å². The van der Waals surface area contributed by atoms with Crippen molar-refractivity contribution < 1.29 is 0 Å². The number of H-pyrrole nitrogens is 1. The van der Waals surface area contributed by atoms with Crippen molar-refractivity contribution in [1.82, 2.24) is 24.3 Å². The Labute approximate surface area is 96.7 Å². The van der Waals surface area contributed by atoms with Crippen LogP contribution >= 0.6 is 0 Å². The minimum absolute atomic E-state index is 0.248. The van der Waals surface area contributed by atoms with Gasteiger partial charge in [-0.15, -0.1) is 0 Å². The summed E-state index contributed by atoms with van der Waals surface area (Å²) in [4.78, 5) is 29.2. The maximum atomic E-state index is 11.5. The maximum Gasteiger partial charge on any atom is 0.328 e. The largest absolute Gasteiger partial charge is 0.328 e. The minimum atomic E-state index is -0.453. The number of nitrogens with zero attached hydrogens (tertiary/aromatic N) is 4. The number of aromatic amines is 1. The van der Waals surface area contributed by atoms with E-state index in [0.29, 0.717) is 11.4 Å². The average molecular weight is 235 g/mol. The van der Waals surface area contributed by atoms with Gasteiger partial charge in [0.2, 0.25) is 0 Å². The van der Waals surface area contributed by atoms with Gasteiger partial charge in [-0.2, -0.15) is 5.10 Å². The molecule has 2 aromatic rings. The van der Waals surface area contributed by atoms with Gasteiger partial charge in [-0.3, -0.25) is 19.0 Å². The highest BCUT2D eigenvalue weighted by Gasteiger charge is 2.06. The van der Waals surface area contributed by atoms with Crippen LogP contribution in [0.4, 0.5) is 0 Å². The van der Waals surface area contributed by atoms with Crippen LogP contribution in [0.1, 0.15) is 17.2 Å². The third-order valence-electron chi connectivity index (χ3n) is 2.53. The number of nitrogens with one attached hydrogen (secondary N) is 1. The van der Waals surface area contributed by atoms with Crippen molar-refractivity contribution in [1.29, 1.82) is 0 Å². The van der Waals surface area contributed by atoms with Crippen LogP contribution in [0.5, 0.6) is 0 Å². The molecule has 0 saturated heterocycles. The fourth-order valence-corrected chi connectivity index (χ4v) is 1.48. The Morgan fingerprint density at radius 1 is 1.35 bits per heavy atom. The highest BCUT2D eigenvalue weighted by molar-refractivity contribution is 5.02. The van der Waals surface area contributed by atoms with E-state index < -0.39 is 5.69 Å². The van der Waals surface area contributed by atoms with Gasteiger partial charge in [-0.1, -0.05) is 0 Å². The molecule has 0 atom stereocenters. The molecule has 0 unspecified atom stereocenters. The van der Waals surface area contributed by atoms with Crippen molar-refractivity contribution in [2.24, 2.45) is 7.05 Å². The van der Waals surface area contributed by atoms with Gasteiger partial charge in [-0.05, 0) is 13.8 Å². The van der Waals surface area contributed by atoms with Crippen molar-refractivity contribution >= 4 is 0 Å². The summed E-state index contributed by atoms with van der Waals surface area (Å²) in [5.74, 6) is 1.31. The van der Waals surface area contributed by atoms with Gasteiger partial charge in [0.05, 0.1) is 6.54 Å². The molecule has 7 heteroatoms.